The lowest BCUT2D eigenvalue weighted by atomic mass is 10.0. The predicted molar refractivity (Wildman–Crippen MR) is 90.5 cm³/mol. The first-order chi connectivity index (χ1) is 10.0. The quantitative estimate of drug-likeness (QED) is 0.875. The Morgan fingerprint density at radius 3 is 2.52 bits per heavy atom. The summed E-state index contributed by atoms with van der Waals surface area (Å²) in [6.07, 6.45) is 2.14. The highest BCUT2D eigenvalue weighted by molar-refractivity contribution is 7.98. The molecule has 2 unspecified atom stereocenters. The lowest BCUT2D eigenvalue weighted by Gasteiger charge is -2.27. The van der Waals surface area contributed by atoms with E-state index >= 15 is 0 Å². The van der Waals surface area contributed by atoms with Crippen molar-refractivity contribution in [2.75, 3.05) is 25.1 Å². The monoisotopic (exact) mass is 306 g/mol. The Morgan fingerprint density at radius 1 is 1.29 bits per heavy atom. The SMILES string of the molecule is CSCC(C)CN1C(=O)CNC1c1ccc(C(C)C)cc1. The van der Waals surface area contributed by atoms with Gasteiger partial charge < -0.3 is 4.90 Å². The fraction of sp³-hybridized carbons (Fsp3) is 0.588. The number of hydrogen-bond donors (Lipinski definition) is 1. The van der Waals surface area contributed by atoms with Crippen LogP contribution in [0.25, 0.3) is 0 Å². The maximum Gasteiger partial charge on any atom is 0.238 e. The van der Waals surface area contributed by atoms with Crippen LogP contribution in [0.3, 0.4) is 0 Å². The normalized spacial score (nSPS) is 20.3. The second kappa shape index (κ2) is 7.32. The third kappa shape index (κ3) is 4.01. The molecule has 2 rings (SSSR count). The van der Waals surface area contributed by atoms with Crippen molar-refractivity contribution in [2.45, 2.75) is 32.9 Å². The van der Waals surface area contributed by atoms with E-state index in [1.54, 1.807) is 0 Å². The van der Waals surface area contributed by atoms with Gasteiger partial charge in [-0.2, -0.15) is 11.8 Å². The summed E-state index contributed by atoms with van der Waals surface area (Å²) in [5.41, 5.74) is 2.52. The first-order valence-electron chi connectivity index (χ1n) is 7.64. The summed E-state index contributed by atoms with van der Waals surface area (Å²) in [6, 6.07) is 8.65. The van der Waals surface area contributed by atoms with E-state index in [0.29, 0.717) is 18.4 Å². The van der Waals surface area contributed by atoms with Crippen LogP contribution in [-0.4, -0.2) is 35.9 Å². The first-order valence-corrected chi connectivity index (χ1v) is 9.04. The molecule has 1 heterocycles. The molecule has 1 aliphatic heterocycles. The van der Waals surface area contributed by atoms with E-state index < -0.39 is 0 Å². The van der Waals surface area contributed by atoms with Crippen LogP contribution in [0, 0.1) is 5.92 Å². The first kappa shape index (κ1) is 16.4. The number of benzene rings is 1. The fourth-order valence-electron chi connectivity index (χ4n) is 2.78. The maximum absolute atomic E-state index is 12.1. The number of nitrogens with one attached hydrogen (secondary N) is 1. The van der Waals surface area contributed by atoms with Crippen LogP contribution in [0.2, 0.25) is 0 Å². The molecule has 0 bridgehead atoms. The highest BCUT2D eigenvalue weighted by Gasteiger charge is 2.32. The van der Waals surface area contributed by atoms with E-state index in [1.807, 2.05) is 16.7 Å². The molecule has 0 spiro atoms. The Morgan fingerprint density at radius 2 is 1.95 bits per heavy atom. The molecule has 1 N–H and O–H groups in total. The third-order valence-electron chi connectivity index (χ3n) is 3.96. The zero-order valence-electron chi connectivity index (χ0n) is 13.4. The van der Waals surface area contributed by atoms with Gasteiger partial charge in [0.2, 0.25) is 5.91 Å². The number of nitrogens with zero attached hydrogens (tertiary/aromatic N) is 1. The van der Waals surface area contributed by atoms with Crippen LogP contribution in [0.1, 0.15) is 44.0 Å². The van der Waals surface area contributed by atoms with E-state index in [-0.39, 0.29) is 12.1 Å². The van der Waals surface area contributed by atoms with Crippen molar-refractivity contribution >= 4 is 17.7 Å². The molecule has 116 valence electrons. The highest BCUT2D eigenvalue weighted by Crippen LogP contribution is 2.25. The van der Waals surface area contributed by atoms with Gasteiger partial charge >= 0.3 is 0 Å². The smallest absolute Gasteiger partial charge is 0.238 e. The lowest BCUT2D eigenvalue weighted by molar-refractivity contribution is -0.128. The Balaban J connectivity index is 2.11. The van der Waals surface area contributed by atoms with Gasteiger partial charge in [0, 0.05) is 6.54 Å². The molecule has 1 fully saturated rings. The van der Waals surface area contributed by atoms with Gasteiger partial charge in [-0.05, 0) is 35.0 Å². The minimum absolute atomic E-state index is 0.0306. The van der Waals surface area contributed by atoms with E-state index in [9.17, 15) is 4.79 Å². The van der Waals surface area contributed by atoms with Crippen LogP contribution in [0.4, 0.5) is 0 Å². The van der Waals surface area contributed by atoms with Gasteiger partial charge in [0.1, 0.15) is 6.17 Å². The summed E-state index contributed by atoms with van der Waals surface area (Å²) in [6.45, 7) is 7.87. The van der Waals surface area contributed by atoms with Crippen LogP contribution in [0.5, 0.6) is 0 Å². The molecule has 0 aliphatic carbocycles. The van der Waals surface area contributed by atoms with E-state index in [4.69, 9.17) is 0 Å². The van der Waals surface area contributed by atoms with E-state index in [0.717, 1.165) is 12.3 Å². The minimum atomic E-state index is 0.0306. The molecule has 1 amide bonds. The van der Waals surface area contributed by atoms with Gasteiger partial charge in [-0.15, -0.1) is 0 Å². The number of carbonyl (C=O) groups is 1. The third-order valence-corrected chi connectivity index (χ3v) is 4.86. The molecule has 1 aromatic rings. The largest absolute Gasteiger partial charge is 0.322 e. The summed E-state index contributed by atoms with van der Waals surface area (Å²) in [5, 5.41) is 3.34. The molecule has 0 saturated carbocycles. The zero-order chi connectivity index (χ0) is 15.4. The van der Waals surface area contributed by atoms with Crippen molar-refractivity contribution in [3.8, 4) is 0 Å². The Hall–Kier alpha value is -1.00. The topological polar surface area (TPSA) is 32.3 Å². The molecular weight excluding hydrogens is 280 g/mol. The van der Waals surface area contributed by atoms with Gasteiger partial charge in [0.25, 0.3) is 0 Å². The number of carbonyl (C=O) groups excluding carboxylic acids is 1. The van der Waals surface area contributed by atoms with Crippen molar-refractivity contribution in [2.24, 2.45) is 5.92 Å². The second-order valence-corrected chi connectivity index (χ2v) is 7.12. The summed E-state index contributed by atoms with van der Waals surface area (Å²) in [4.78, 5) is 14.1. The lowest BCUT2D eigenvalue weighted by Crippen LogP contribution is -2.34. The van der Waals surface area contributed by atoms with Crippen LogP contribution >= 0.6 is 11.8 Å². The average Bonchev–Trinajstić information content (AvgIpc) is 2.81. The molecule has 0 aromatic heterocycles. The standard InChI is InChI=1S/C17H26N2OS/c1-12(2)14-5-7-15(8-6-14)17-18-9-16(20)19(17)10-13(3)11-21-4/h5-8,12-13,17-18H,9-11H2,1-4H3. The van der Waals surface area contributed by atoms with Crippen LogP contribution in [0.15, 0.2) is 24.3 Å². The Labute approximate surface area is 132 Å². The summed E-state index contributed by atoms with van der Waals surface area (Å²) < 4.78 is 0. The summed E-state index contributed by atoms with van der Waals surface area (Å²) in [7, 11) is 0. The molecule has 1 saturated heterocycles. The van der Waals surface area contributed by atoms with Gasteiger partial charge in [0.05, 0.1) is 6.54 Å². The Bertz CT molecular complexity index is 472. The number of hydrogen-bond acceptors (Lipinski definition) is 3. The molecule has 0 radical (unpaired) electrons. The number of thioether (sulfide) groups is 1. The Kier molecular flexibility index (Phi) is 5.71. The molecule has 4 heteroatoms. The minimum Gasteiger partial charge on any atom is -0.322 e. The van der Waals surface area contributed by atoms with Crippen LogP contribution in [-0.2, 0) is 4.79 Å². The maximum atomic E-state index is 12.1. The summed E-state index contributed by atoms with van der Waals surface area (Å²) >= 11 is 1.84. The van der Waals surface area contributed by atoms with Gasteiger partial charge in [-0.25, -0.2) is 0 Å². The van der Waals surface area contributed by atoms with Crippen molar-refractivity contribution < 1.29 is 4.79 Å². The molecule has 21 heavy (non-hydrogen) atoms. The molecular formula is C17H26N2OS. The van der Waals surface area contributed by atoms with Crippen molar-refractivity contribution in [1.29, 1.82) is 0 Å². The molecule has 2 atom stereocenters. The van der Waals surface area contributed by atoms with Crippen molar-refractivity contribution in [3.05, 3.63) is 35.4 Å². The number of amides is 1. The molecule has 1 aliphatic rings. The zero-order valence-corrected chi connectivity index (χ0v) is 14.2. The molecule has 1 aromatic carbocycles. The van der Waals surface area contributed by atoms with E-state index in [1.165, 1.54) is 11.1 Å². The second-order valence-electron chi connectivity index (χ2n) is 6.21. The van der Waals surface area contributed by atoms with E-state index in [2.05, 4.69) is 56.6 Å². The van der Waals surface area contributed by atoms with Gasteiger partial charge in [-0.3, -0.25) is 10.1 Å². The van der Waals surface area contributed by atoms with Gasteiger partial charge in [-0.1, -0.05) is 45.0 Å². The summed E-state index contributed by atoms with van der Waals surface area (Å²) in [5.74, 6) is 2.35. The fourth-order valence-corrected chi connectivity index (χ4v) is 3.46. The van der Waals surface area contributed by atoms with Crippen molar-refractivity contribution in [3.63, 3.8) is 0 Å². The van der Waals surface area contributed by atoms with Crippen molar-refractivity contribution in [1.82, 2.24) is 10.2 Å². The number of rotatable bonds is 6. The van der Waals surface area contributed by atoms with Crippen LogP contribution < -0.4 is 5.32 Å². The van der Waals surface area contributed by atoms with Gasteiger partial charge in [0.15, 0.2) is 0 Å². The average molecular weight is 306 g/mol. The predicted octanol–water partition coefficient (Wildman–Crippen LogP) is 3.24. The highest BCUT2D eigenvalue weighted by atomic mass is 32.2. The molecule has 3 nitrogen and oxygen atoms in total.